The Morgan fingerprint density at radius 2 is 2.45 bits per heavy atom. The monoisotopic (exact) mass is 290 g/mol. The van der Waals surface area contributed by atoms with Crippen LogP contribution in [-0.2, 0) is 16.0 Å². The summed E-state index contributed by atoms with van der Waals surface area (Å²) in [6, 6.07) is 5.57. The molecule has 0 spiro atoms. The maximum absolute atomic E-state index is 11.3. The Labute approximate surface area is 120 Å². The largest absolute Gasteiger partial charge is 0.466 e. The minimum absolute atomic E-state index is 0.177. The Balaban J connectivity index is 1.87. The summed E-state index contributed by atoms with van der Waals surface area (Å²) >= 11 is 1.38. The third-order valence-corrected chi connectivity index (χ3v) is 3.02. The van der Waals surface area contributed by atoms with Crippen molar-refractivity contribution in [3.05, 3.63) is 41.2 Å². The Bertz CT molecular complexity index is 583. The Hall–Kier alpha value is -2.28. The molecule has 0 atom stereocenters. The Morgan fingerprint density at radius 1 is 1.55 bits per heavy atom. The second-order valence-corrected chi connectivity index (χ2v) is 4.61. The summed E-state index contributed by atoms with van der Waals surface area (Å²) in [5, 5.41) is 6.46. The van der Waals surface area contributed by atoms with Crippen LogP contribution in [0.4, 0.5) is 5.13 Å². The van der Waals surface area contributed by atoms with Crippen LogP contribution >= 0.6 is 11.3 Å². The lowest BCUT2D eigenvalue weighted by atomic mass is 10.3. The highest BCUT2D eigenvalue weighted by Crippen LogP contribution is 2.15. The minimum atomic E-state index is -0.277. The quantitative estimate of drug-likeness (QED) is 0.501. The number of carbonyl (C=O) groups is 1. The zero-order chi connectivity index (χ0) is 14.2. The molecular weight excluding hydrogens is 276 g/mol. The molecule has 0 bridgehead atoms. The number of ether oxygens (including phenoxy) is 1. The van der Waals surface area contributed by atoms with Crippen molar-refractivity contribution < 1.29 is 9.53 Å². The van der Waals surface area contributed by atoms with Gasteiger partial charge in [0.1, 0.15) is 0 Å². The van der Waals surface area contributed by atoms with E-state index in [1.807, 2.05) is 18.2 Å². The third-order valence-electron chi connectivity index (χ3n) is 2.23. The summed E-state index contributed by atoms with van der Waals surface area (Å²) in [5.41, 5.74) is 4.23. The lowest BCUT2D eigenvalue weighted by Gasteiger charge is -1.98. The first-order valence-electron chi connectivity index (χ1n) is 6.08. The van der Waals surface area contributed by atoms with Gasteiger partial charge in [-0.25, -0.2) is 4.98 Å². The van der Waals surface area contributed by atoms with Crippen LogP contribution in [0.1, 0.15) is 18.3 Å². The first-order valence-corrected chi connectivity index (χ1v) is 6.96. The van der Waals surface area contributed by atoms with Crippen molar-refractivity contribution in [2.24, 2.45) is 5.10 Å². The van der Waals surface area contributed by atoms with E-state index in [1.54, 1.807) is 24.7 Å². The van der Waals surface area contributed by atoms with Gasteiger partial charge in [-0.1, -0.05) is 6.07 Å². The molecule has 0 aliphatic carbocycles. The van der Waals surface area contributed by atoms with Crippen LogP contribution in [0, 0.1) is 0 Å². The molecule has 6 nitrogen and oxygen atoms in total. The maximum atomic E-state index is 11.3. The van der Waals surface area contributed by atoms with E-state index in [0.29, 0.717) is 17.4 Å². The highest BCUT2D eigenvalue weighted by atomic mass is 32.1. The third kappa shape index (κ3) is 4.43. The second-order valence-electron chi connectivity index (χ2n) is 3.75. The highest BCUT2D eigenvalue weighted by molar-refractivity contribution is 7.13. The van der Waals surface area contributed by atoms with Crippen molar-refractivity contribution in [2.75, 3.05) is 12.0 Å². The van der Waals surface area contributed by atoms with Gasteiger partial charge in [-0.15, -0.1) is 11.3 Å². The van der Waals surface area contributed by atoms with Crippen LogP contribution in [0.3, 0.4) is 0 Å². The molecular formula is C13H14N4O2S. The van der Waals surface area contributed by atoms with Gasteiger partial charge in [0.15, 0.2) is 0 Å². The molecule has 0 aliphatic rings. The van der Waals surface area contributed by atoms with Crippen molar-refractivity contribution in [3.8, 4) is 0 Å². The molecule has 0 unspecified atom stereocenters. The van der Waals surface area contributed by atoms with Crippen LogP contribution in [-0.4, -0.2) is 28.8 Å². The molecule has 0 fully saturated rings. The summed E-state index contributed by atoms with van der Waals surface area (Å²) in [7, 11) is 0. The number of anilines is 1. The minimum Gasteiger partial charge on any atom is -0.466 e. The van der Waals surface area contributed by atoms with Crippen molar-refractivity contribution >= 4 is 28.7 Å². The van der Waals surface area contributed by atoms with Crippen LogP contribution in [0.5, 0.6) is 0 Å². The molecule has 2 rings (SSSR count). The van der Waals surface area contributed by atoms with Crippen LogP contribution in [0.15, 0.2) is 34.9 Å². The summed E-state index contributed by atoms with van der Waals surface area (Å²) in [4.78, 5) is 19.6. The lowest BCUT2D eigenvalue weighted by Crippen LogP contribution is -2.07. The first kappa shape index (κ1) is 14.1. The molecule has 7 heteroatoms. The van der Waals surface area contributed by atoms with Crippen LogP contribution in [0.2, 0.25) is 0 Å². The summed E-state index contributed by atoms with van der Waals surface area (Å²) in [5.74, 6) is -0.277. The molecule has 2 aromatic rings. The van der Waals surface area contributed by atoms with Crippen LogP contribution < -0.4 is 5.43 Å². The zero-order valence-electron chi connectivity index (χ0n) is 10.9. The molecule has 0 radical (unpaired) electrons. The lowest BCUT2D eigenvalue weighted by molar-refractivity contribution is -0.142. The molecule has 0 saturated carbocycles. The topological polar surface area (TPSA) is 76.5 Å². The predicted molar refractivity (Wildman–Crippen MR) is 77.9 cm³/mol. The molecule has 1 N–H and O–H groups in total. The van der Waals surface area contributed by atoms with Gasteiger partial charge in [-0.05, 0) is 19.1 Å². The predicted octanol–water partition coefficient (Wildman–Crippen LogP) is 2.09. The van der Waals surface area contributed by atoms with Crippen molar-refractivity contribution in [1.29, 1.82) is 0 Å². The zero-order valence-corrected chi connectivity index (χ0v) is 11.8. The molecule has 104 valence electrons. The van der Waals surface area contributed by atoms with E-state index >= 15 is 0 Å². The number of rotatable bonds is 6. The average molecular weight is 290 g/mol. The fraction of sp³-hybridized carbons (Fsp3) is 0.231. The fourth-order valence-electron chi connectivity index (χ4n) is 1.41. The number of nitrogens with one attached hydrogen (secondary N) is 1. The molecule has 0 aromatic carbocycles. The molecule has 20 heavy (non-hydrogen) atoms. The number of thiazole rings is 1. The van der Waals surface area contributed by atoms with Gasteiger partial charge in [0, 0.05) is 11.6 Å². The Morgan fingerprint density at radius 3 is 3.20 bits per heavy atom. The number of aromatic nitrogens is 2. The van der Waals surface area contributed by atoms with Gasteiger partial charge < -0.3 is 4.74 Å². The standard InChI is InChI=1S/C13H14N4O2S/c1-2-19-12(18)7-11-9-20-13(16-11)17-15-8-10-5-3-4-6-14-10/h3-6,8-9H,2,7H2,1H3,(H,16,17). The molecule has 2 heterocycles. The average Bonchev–Trinajstić information content (AvgIpc) is 2.88. The summed E-state index contributed by atoms with van der Waals surface area (Å²) in [6.45, 7) is 2.15. The number of esters is 1. The van der Waals surface area contributed by atoms with E-state index in [9.17, 15) is 4.79 Å². The molecule has 2 aromatic heterocycles. The normalized spacial score (nSPS) is 10.7. The SMILES string of the molecule is CCOC(=O)Cc1csc(NN=Cc2ccccn2)n1. The van der Waals surface area contributed by atoms with Gasteiger partial charge in [0.2, 0.25) is 5.13 Å². The van der Waals surface area contributed by atoms with Gasteiger partial charge >= 0.3 is 5.97 Å². The highest BCUT2D eigenvalue weighted by Gasteiger charge is 2.07. The van der Waals surface area contributed by atoms with Crippen LogP contribution in [0.25, 0.3) is 0 Å². The van der Waals surface area contributed by atoms with E-state index in [4.69, 9.17) is 4.74 Å². The van der Waals surface area contributed by atoms with Crippen molar-refractivity contribution in [1.82, 2.24) is 9.97 Å². The van der Waals surface area contributed by atoms with E-state index in [2.05, 4.69) is 20.5 Å². The van der Waals surface area contributed by atoms with Crippen molar-refractivity contribution in [3.63, 3.8) is 0 Å². The van der Waals surface area contributed by atoms with Gasteiger partial charge in [0.25, 0.3) is 0 Å². The van der Waals surface area contributed by atoms with Gasteiger partial charge in [-0.3, -0.25) is 15.2 Å². The second kappa shape index (κ2) is 7.34. The number of carbonyl (C=O) groups excluding carboxylic acids is 1. The van der Waals surface area contributed by atoms with Gasteiger partial charge in [-0.2, -0.15) is 5.10 Å². The molecule has 0 amide bonds. The molecule has 0 aliphatic heterocycles. The smallest absolute Gasteiger partial charge is 0.311 e. The number of hydrogen-bond donors (Lipinski definition) is 1. The first-order chi connectivity index (χ1) is 9.78. The van der Waals surface area contributed by atoms with E-state index in [1.165, 1.54) is 11.3 Å². The number of hydrazone groups is 1. The van der Waals surface area contributed by atoms with Gasteiger partial charge in [0.05, 0.1) is 30.6 Å². The van der Waals surface area contributed by atoms with E-state index in [0.717, 1.165) is 5.69 Å². The fourth-order valence-corrected chi connectivity index (χ4v) is 2.06. The summed E-state index contributed by atoms with van der Waals surface area (Å²) in [6.07, 6.45) is 3.48. The number of hydrogen-bond acceptors (Lipinski definition) is 7. The number of pyridine rings is 1. The number of nitrogens with zero attached hydrogens (tertiary/aromatic N) is 3. The van der Waals surface area contributed by atoms with E-state index in [-0.39, 0.29) is 12.4 Å². The maximum Gasteiger partial charge on any atom is 0.311 e. The van der Waals surface area contributed by atoms with E-state index < -0.39 is 0 Å². The Kier molecular flexibility index (Phi) is 5.19. The summed E-state index contributed by atoms with van der Waals surface area (Å²) < 4.78 is 4.86. The molecule has 0 saturated heterocycles. The van der Waals surface area contributed by atoms with Crippen molar-refractivity contribution in [2.45, 2.75) is 13.3 Å².